The van der Waals surface area contributed by atoms with Crippen LogP contribution in [-0.4, -0.2) is 19.0 Å². The van der Waals surface area contributed by atoms with E-state index >= 15 is 0 Å². The van der Waals surface area contributed by atoms with Gasteiger partial charge in [0.05, 0.1) is 15.4 Å². The van der Waals surface area contributed by atoms with Crippen molar-refractivity contribution in [1.82, 2.24) is 9.29 Å². The number of hydrogen-bond acceptors (Lipinski definition) is 6. The van der Waals surface area contributed by atoms with Crippen molar-refractivity contribution in [2.75, 3.05) is 10.6 Å². The Morgan fingerprint density at radius 2 is 1.68 bits per heavy atom. The summed E-state index contributed by atoms with van der Waals surface area (Å²) in [5.41, 5.74) is 1.50. The number of amides is 2. The number of nitrogens with zero attached hydrogens (tertiary/aromatic N) is 1. The van der Waals surface area contributed by atoms with E-state index in [-0.39, 0.29) is 25.3 Å². The molecule has 204 valence electrons. The lowest BCUT2D eigenvalue weighted by Gasteiger charge is -2.12. The van der Waals surface area contributed by atoms with E-state index in [1.807, 2.05) is 16.9 Å². The lowest BCUT2D eigenvalue weighted by Crippen LogP contribution is -2.33. The Labute approximate surface area is 242 Å². The molecule has 0 radical (unpaired) electrons. The zero-order valence-corrected chi connectivity index (χ0v) is 23.5. The average molecular weight is 618 g/mol. The number of sulfonamides is 1. The molecule has 0 saturated carbocycles. The number of aromatic nitrogens is 1. The molecule has 0 aliphatic rings. The highest BCUT2D eigenvalue weighted by Crippen LogP contribution is 2.26. The van der Waals surface area contributed by atoms with Gasteiger partial charge in [-0.3, -0.25) is 9.36 Å². The van der Waals surface area contributed by atoms with Gasteiger partial charge < -0.3 is 10.6 Å². The van der Waals surface area contributed by atoms with Gasteiger partial charge in [-0.05, 0) is 77.7 Å². The van der Waals surface area contributed by atoms with Crippen LogP contribution in [0.3, 0.4) is 0 Å². The molecule has 0 bridgehead atoms. The van der Waals surface area contributed by atoms with Crippen LogP contribution in [0.4, 0.5) is 20.6 Å². The molecule has 3 aromatic carbocycles. The van der Waals surface area contributed by atoms with E-state index in [0.29, 0.717) is 22.6 Å². The van der Waals surface area contributed by atoms with Gasteiger partial charge >= 0.3 is 6.03 Å². The van der Waals surface area contributed by atoms with Gasteiger partial charge in [0.25, 0.3) is 15.6 Å². The smallest absolute Gasteiger partial charge is 0.333 e. The maximum absolute atomic E-state index is 14.9. The predicted molar refractivity (Wildman–Crippen MR) is 157 cm³/mol. The van der Waals surface area contributed by atoms with Gasteiger partial charge in [-0.25, -0.2) is 22.3 Å². The van der Waals surface area contributed by atoms with Crippen molar-refractivity contribution < 1.29 is 17.6 Å². The highest BCUT2D eigenvalue weighted by atomic mass is 35.5. The van der Waals surface area contributed by atoms with Crippen molar-refractivity contribution in [3.05, 3.63) is 116 Å². The first-order chi connectivity index (χ1) is 19.1. The standard InChI is InChI=1S/C27H19Cl2FN4O4S2/c28-18-3-1-16(2-4-18)15-31-23-13-17-11-12-34(26(35)21(17)14-22(23)30)20-7-5-19(6-8-20)32-27(36)33-40(37,38)25-10-9-24(29)39-25/h1-14,31H,15H2,(H2,32,33,36). The summed E-state index contributed by atoms with van der Waals surface area (Å²) in [6.07, 6.45) is 1.57. The van der Waals surface area contributed by atoms with Gasteiger partial charge in [0, 0.05) is 29.1 Å². The van der Waals surface area contributed by atoms with Crippen molar-refractivity contribution in [1.29, 1.82) is 0 Å². The Bertz CT molecular complexity index is 1890. The molecule has 0 fully saturated rings. The van der Waals surface area contributed by atoms with Crippen LogP contribution in [0, 0.1) is 5.82 Å². The van der Waals surface area contributed by atoms with E-state index in [4.69, 9.17) is 23.2 Å². The molecule has 0 spiro atoms. The van der Waals surface area contributed by atoms with Gasteiger partial charge in [0.1, 0.15) is 10.0 Å². The molecule has 0 saturated heterocycles. The zero-order valence-electron chi connectivity index (χ0n) is 20.3. The Kier molecular flexibility index (Phi) is 7.81. The highest BCUT2D eigenvalue weighted by molar-refractivity contribution is 7.92. The number of anilines is 2. The van der Waals surface area contributed by atoms with Crippen LogP contribution in [0.25, 0.3) is 16.5 Å². The minimum absolute atomic E-state index is 0.0976. The fourth-order valence-electron chi connectivity index (χ4n) is 3.88. The molecule has 2 heterocycles. The molecule has 0 atom stereocenters. The van der Waals surface area contributed by atoms with Crippen molar-refractivity contribution in [2.24, 2.45) is 0 Å². The second kappa shape index (κ2) is 11.3. The molecule has 0 aliphatic heterocycles. The Morgan fingerprint density at radius 3 is 2.35 bits per heavy atom. The summed E-state index contributed by atoms with van der Waals surface area (Å²) in [6.45, 7) is 0.378. The molecular weight excluding hydrogens is 598 g/mol. The van der Waals surface area contributed by atoms with Gasteiger partial charge in [0.15, 0.2) is 0 Å². The molecule has 2 aromatic heterocycles. The van der Waals surface area contributed by atoms with Crippen LogP contribution in [0.2, 0.25) is 9.36 Å². The number of halogens is 3. The number of nitrogens with one attached hydrogen (secondary N) is 3. The number of fused-ring (bicyclic) bond motifs is 1. The van der Waals surface area contributed by atoms with Crippen LogP contribution in [0.15, 0.2) is 94.1 Å². The maximum atomic E-state index is 14.9. The molecule has 8 nitrogen and oxygen atoms in total. The summed E-state index contributed by atoms with van der Waals surface area (Å²) in [6, 6.07) is 19.5. The Hall–Kier alpha value is -3.90. The monoisotopic (exact) mass is 616 g/mol. The van der Waals surface area contributed by atoms with Gasteiger partial charge in [-0.1, -0.05) is 35.3 Å². The number of carbonyl (C=O) groups excluding carboxylic acids is 1. The van der Waals surface area contributed by atoms with E-state index in [9.17, 15) is 22.4 Å². The lowest BCUT2D eigenvalue weighted by atomic mass is 10.1. The summed E-state index contributed by atoms with van der Waals surface area (Å²) in [5.74, 6) is -0.568. The molecule has 13 heteroatoms. The zero-order chi connectivity index (χ0) is 28.4. The first-order valence-electron chi connectivity index (χ1n) is 11.6. The quantitative estimate of drug-likeness (QED) is 0.190. The fraction of sp³-hybridized carbons (Fsp3) is 0.0370. The van der Waals surface area contributed by atoms with E-state index in [1.54, 1.807) is 42.6 Å². The molecule has 0 unspecified atom stereocenters. The average Bonchev–Trinajstić information content (AvgIpc) is 3.37. The van der Waals surface area contributed by atoms with Crippen LogP contribution in [0.5, 0.6) is 0 Å². The fourth-order valence-corrected chi connectivity index (χ4v) is 6.40. The Morgan fingerprint density at radius 1 is 0.950 bits per heavy atom. The SMILES string of the molecule is O=C(Nc1ccc(-n2ccc3cc(NCc4ccc(Cl)cc4)c(F)cc3c2=O)cc1)NS(=O)(=O)c1ccc(Cl)s1. The van der Waals surface area contributed by atoms with Crippen molar-refractivity contribution in [3.8, 4) is 5.69 Å². The summed E-state index contributed by atoms with van der Waals surface area (Å²) in [7, 11) is -4.08. The molecule has 2 amide bonds. The normalized spacial score (nSPS) is 11.4. The highest BCUT2D eigenvalue weighted by Gasteiger charge is 2.20. The maximum Gasteiger partial charge on any atom is 0.333 e. The summed E-state index contributed by atoms with van der Waals surface area (Å²) in [4.78, 5) is 25.4. The van der Waals surface area contributed by atoms with E-state index in [2.05, 4.69) is 10.6 Å². The third kappa shape index (κ3) is 6.13. The molecule has 5 aromatic rings. The van der Waals surface area contributed by atoms with Crippen molar-refractivity contribution in [2.45, 2.75) is 10.8 Å². The summed E-state index contributed by atoms with van der Waals surface area (Å²) >= 11 is 12.5. The van der Waals surface area contributed by atoms with Crippen LogP contribution >= 0.6 is 34.5 Å². The predicted octanol–water partition coefficient (Wildman–Crippen LogP) is 6.62. The minimum Gasteiger partial charge on any atom is -0.379 e. The summed E-state index contributed by atoms with van der Waals surface area (Å²) < 4.78 is 42.9. The number of hydrogen-bond donors (Lipinski definition) is 3. The Balaban J connectivity index is 1.30. The topological polar surface area (TPSA) is 109 Å². The minimum atomic E-state index is -4.08. The van der Waals surface area contributed by atoms with Crippen molar-refractivity contribution >= 4 is 72.7 Å². The van der Waals surface area contributed by atoms with Crippen LogP contribution < -0.4 is 20.9 Å². The largest absolute Gasteiger partial charge is 0.379 e. The second-order valence-corrected chi connectivity index (χ2v) is 12.6. The number of pyridine rings is 1. The number of carbonyl (C=O) groups is 1. The van der Waals surface area contributed by atoms with Crippen LogP contribution in [0.1, 0.15) is 5.56 Å². The molecule has 40 heavy (non-hydrogen) atoms. The van der Waals surface area contributed by atoms with E-state index in [1.165, 1.54) is 34.9 Å². The third-order valence-electron chi connectivity index (χ3n) is 5.83. The lowest BCUT2D eigenvalue weighted by molar-refractivity contribution is 0.256. The third-order valence-corrected chi connectivity index (χ3v) is 9.14. The van der Waals surface area contributed by atoms with Gasteiger partial charge in [-0.15, -0.1) is 11.3 Å². The van der Waals surface area contributed by atoms with Gasteiger partial charge in [0.2, 0.25) is 0 Å². The van der Waals surface area contributed by atoms with Gasteiger partial charge in [-0.2, -0.15) is 0 Å². The van der Waals surface area contributed by atoms with E-state index in [0.717, 1.165) is 16.9 Å². The first kappa shape index (κ1) is 27.7. The second-order valence-electron chi connectivity index (χ2n) is 8.56. The number of urea groups is 1. The molecular formula is C27H19Cl2FN4O4S2. The number of benzene rings is 3. The number of thiophene rings is 1. The summed E-state index contributed by atoms with van der Waals surface area (Å²) in [5, 5.41) is 6.84. The molecule has 3 N–H and O–H groups in total. The van der Waals surface area contributed by atoms with Crippen LogP contribution in [-0.2, 0) is 16.6 Å². The van der Waals surface area contributed by atoms with Crippen molar-refractivity contribution in [3.63, 3.8) is 0 Å². The number of rotatable bonds is 7. The van der Waals surface area contributed by atoms with E-state index < -0.39 is 27.4 Å². The first-order valence-corrected chi connectivity index (χ1v) is 14.7. The molecule has 5 rings (SSSR count). The molecule has 0 aliphatic carbocycles.